The minimum Gasteiger partial charge on any atom is -0.494 e. The summed E-state index contributed by atoms with van der Waals surface area (Å²) in [5, 5.41) is 0.363. The molecule has 8 heteroatoms. The second kappa shape index (κ2) is 10.3. The Morgan fingerprint density at radius 3 is 2.55 bits per heavy atom. The van der Waals surface area contributed by atoms with E-state index >= 15 is 0 Å². The molecular weight excluding hydrogens is 416 g/mol. The molecule has 31 heavy (non-hydrogen) atoms. The number of hydrogen-bond acceptors (Lipinski definition) is 7. The van der Waals surface area contributed by atoms with Crippen molar-refractivity contribution in [3.05, 3.63) is 41.1 Å². The first-order valence-electron chi connectivity index (χ1n) is 10.5. The summed E-state index contributed by atoms with van der Waals surface area (Å²) in [5.74, 6) is 0.770. The van der Waals surface area contributed by atoms with Crippen LogP contribution >= 0.6 is 11.8 Å². The van der Waals surface area contributed by atoms with Crippen LogP contribution in [0.2, 0.25) is 0 Å². The number of rotatable bonds is 9. The fourth-order valence-corrected chi connectivity index (χ4v) is 4.46. The summed E-state index contributed by atoms with van der Waals surface area (Å²) in [4.78, 5) is 32.0. The van der Waals surface area contributed by atoms with Gasteiger partial charge in [-0.15, -0.1) is 0 Å². The van der Waals surface area contributed by atoms with Crippen LogP contribution < -0.4 is 4.74 Å². The second-order valence-corrected chi connectivity index (χ2v) is 9.30. The number of thioether (sulfide) groups is 1. The summed E-state index contributed by atoms with van der Waals surface area (Å²) in [6.07, 6.45) is 0.973. The maximum Gasteiger partial charge on any atom is 0.338 e. The minimum absolute atomic E-state index is 0.0688. The Bertz CT molecular complexity index is 878. The average molecular weight is 447 g/mol. The lowest BCUT2D eigenvalue weighted by atomic mass is 9.94. The molecule has 0 radical (unpaired) electrons. The highest BCUT2D eigenvalue weighted by Crippen LogP contribution is 2.43. The predicted molar refractivity (Wildman–Crippen MR) is 121 cm³/mol. The average Bonchev–Trinajstić information content (AvgIpc) is 3.00. The molecular formula is C23H30N2O5S. The Morgan fingerprint density at radius 2 is 1.90 bits per heavy atom. The fourth-order valence-electron chi connectivity index (χ4n) is 3.43. The van der Waals surface area contributed by atoms with Crippen LogP contribution in [-0.2, 0) is 19.1 Å². The first-order valence-corrected chi connectivity index (χ1v) is 11.4. The molecule has 2 unspecified atom stereocenters. The Hall–Kier alpha value is -2.32. The number of carbonyl (C=O) groups is 2. The van der Waals surface area contributed by atoms with E-state index < -0.39 is 12.0 Å². The van der Waals surface area contributed by atoms with Gasteiger partial charge in [0.1, 0.15) is 12.4 Å². The number of amides is 1. The summed E-state index contributed by atoms with van der Waals surface area (Å²) in [6.45, 7) is 9.02. The van der Waals surface area contributed by atoms with Crippen molar-refractivity contribution in [3.63, 3.8) is 0 Å². The fraction of sp³-hybridized carbons (Fsp3) is 0.522. The third kappa shape index (κ3) is 5.30. The maximum atomic E-state index is 12.9. The molecule has 0 saturated carbocycles. The largest absolute Gasteiger partial charge is 0.494 e. The first kappa shape index (κ1) is 23.3. The van der Waals surface area contributed by atoms with Gasteiger partial charge in [-0.05, 0) is 43.9 Å². The summed E-state index contributed by atoms with van der Waals surface area (Å²) < 4.78 is 16.2. The van der Waals surface area contributed by atoms with Gasteiger partial charge >= 0.3 is 5.97 Å². The van der Waals surface area contributed by atoms with Gasteiger partial charge in [0.05, 0.1) is 35.8 Å². The molecule has 2 aliphatic rings. The Kier molecular flexibility index (Phi) is 7.78. The number of benzene rings is 1. The van der Waals surface area contributed by atoms with Crippen LogP contribution in [0.1, 0.15) is 45.7 Å². The molecule has 3 rings (SSSR count). The third-order valence-electron chi connectivity index (χ3n) is 5.16. The quantitative estimate of drug-likeness (QED) is 0.422. The lowest BCUT2D eigenvalue weighted by Gasteiger charge is -2.33. The number of allylic oxidation sites excluding steroid dienone is 1. The zero-order valence-electron chi connectivity index (χ0n) is 18.7. The van der Waals surface area contributed by atoms with Gasteiger partial charge in [0.2, 0.25) is 5.91 Å². The van der Waals surface area contributed by atoms with Crippen molar-refractivity contribution in [2.45, 2.75) is 45.4 Å². The molecule has 1 aromatic carbocycles. The highest BCUT2D eigenvalue weighted by molar-refractivity contribution is 8.15. The van der Waals surface area contributed by atoms with E-state index in [9.17, 15) is 9.59 Å². The van der Waals surface area contributed by atoms with E-state index in [2.05, 4.69) is 18.8 Å². The zero-order valence-corrected chi connectivity index (χ0v) is 19.5. The van der Waals surface area contributed by atoms with Crippen molar-refractivity contribution in [3.8, 4) is 5.75 Å². The van der Waals surface area contributed by atoms with E-state index in [0.29, 0.717) is 35.6 Å². The standard InChI is InChI=1S/C23H30N2O5S/c1-14(2)10-11-29-18-8-6-17(7-9-18)20-19(22(27)30-13-12-28-5)15(3)24-23-25(20)21(26)16(4)31-23/h6-9,14,16,20H,10-13H2,1-5H3. The molecule has 1 amide bonds. The summed E-state index contributed by atoms with van der Waals surface area (Å²) in [5.41, 5.74) is 1.74. The number of esters is 1. The van der Waals surface area contributed by atoms with Crippen molar-refractivity contribution in [1.29, 1.82) is 0 Å². The van der Waals surface area contributed by atoms with Crippen molar-refractivity contribution < 1.29 is 23.8 Å². The van der Waals surface area contributed by atoms with Crippen LogP contribution in [0.4, 0.5) is 0 Å². The van der Waals surface area contributed by atoms with E-state index in [0.717, 1.165) is 17.7 Å². The molecule has 1 fully saturated rings. The van der Waals surface area contributed by atoms with Gasteiger partial charge in [-0.1, -0.05) is 37.7 Å². The monoisotopic (exact) mass is 446 g/mol. The van der Waals surface area contributed by atoms with E-state index in [-0.39, 0.29) is 17.8 Å². The van der Waals surface area contributed by atoms with E-state index in [1.807, 2.05) is 31.2 Å². The van der Waals surface area contributed by atoms with Gasteiger partial charge in [0.15, 0.2) is 5.17 Å². The molecule has 0 bridgehead atoms. The first-order chi connectivity index (χ1) is 14.8. The summed E-state index contributed by atoms with van der Waals surface area (Å²) >= 11 is 1.41. The second-order valence-electron chi connectivity index (χ2n) is 7.99. The Morgan fingerprint density at radius 1 is 1.19 bits per heavy atom. The normalized spacial score (nSPS) is 20.8. The molecule has 1 aromatic rings. The molecule has 0 aliphatic carbocycles. The molecule has 1 saturated heterocycles. The number of hydrogen-bond donors (Lipinski definition) is 0. The van der Waals surface area contributed by atoms with Crippen LogP contribution in [0, 0.1) is 5.92 Å². The van der Waals surface area contributed by atoms with Crippen LogP contribution in [0.25, 0.3) is 0 Å². The molecule has 2 atom stereocenters. The molecule has 7 nitrogen and oxygen atoms in total. The third-order valence-corrected chi connectivity index (χ3v) is 6.21. The molecule has 2 heterocycles. The van der Waals surface area contributed by atoms with E-state index in [4.69, 9.17) is 14.2 Å². The highest BCUT2D eigenvalue weighted by Gasteiger charge is 2.46. The number of carbonyl (C=O) groups excluding carboxylic acids is 2. The molecule has 0 spiro atoms. The Labute approximate surface area is 187 Å². The van der Waals surface area contributed by atoms with Gasteiger partial charge in [0, 0.05) is 7.11 Å². The lowest BCUT2D eigenvalue weighted by molar-refractivity contribution is -0.141. The van der Waals surface area contributed by atoms with Crippen molar-refractivity contribution in [2.24, 2.45) is 10.9 Å². The number of amidine groups is 1. The van der Waals surface area contributed by atoms with Crippen molar-refractivity contribution in [2.75, 3.05) is 26.9 Å². The Balaban J connectivity index is 1.90. The number of methoxy groups -OCH3 is 1. The van der Waals surface area contributed by atoms with Gasteiger partial charge in [-0.25, -0.2) is 9.79 Å². The molecule has 0 aromatic heterocycles. The van der Waals surface area contributed by atoms with Crippen LogP contribution in [0.15, 0.2) is 40.5 Å². The number of ether oxygens (including phenoxy) is 3. The van der Waals surface area contributed by atoms with E-state index in [1.54, 1.807) is 18.9 Å². The van der Waals surface area contributed by atoms with Gasteiger partial charge in [-0.3, -0.25) is 9.69 Å². The van der Waals surface area contributed by atoms with E-state index in [1.165, 1.54) is 11.8 Å². The number of fused-ring (bicyclic) bond motifs is 1. The van der Waals surface area contributed by atoms with Crippen LogP contribution in [0.3, 0.4) is 0 Å². The van der Waals surface area contributed by atoms with Gasteiger partial charge < -0.3 is 14.2 Å². The summed E-state index contributed by atoms with van der Waals surface area (Å²) in [6, 6.07) is 6.96. The number of nitrogens with zero attached hydrogens (tertiary/aromatic N) is 2. The molecule has 0 N–H and O–H groups in total. The van der Waals surface area contributed by atoms with Crippen molar-refractivity contribution >= 4 is 28.8 Å². The molecule has 2 aliphatic heterocycles. The zero-order chi connectivity index (χ0) is 22.5. The lowest BCUT2D eigenvalue weighted by Crippen LogP contribution is -2.40. The smallest absolute Gasteiger partial charge is 0.338 e. The summed E-state index contributed by atoms with van der Waals surface area (Å²) in [7, 11) is 1.55. The topological polar surface area (TPSA) is 77.4 Å². The SMILES string of the molecule is COCCOC(=O)C1=C(C)N=C2SC(C)C(=O)N2C1c1ccc(OCCC(C)C)cc1. The van der Waals surface area contributed by atoms with Crippen molar-refractivity contribution in [1.82, 2.24) is 4.90 Å². The minimum atomic E-state index is -0.586. The van der Waals surface area contributed by atoms with Gasteiger partial charge in [-0.2, -0.15) is 0 Å². The molecule has 168 valence electrons. The van der Waals surface area contributed by atoms with Gasteiger partial charge in [0.25, 0.3) is 0 Å². The number of aliphatic imine (C=N–C) groups is 1. The van der Waals surface area contributed by atoms with Crippen LogP contribution in [-0.4, -0.2) is 54.1 Å². The van der Waals surface area contributed by atoms with Crippen LogP contribution in [0.5, 0.6) is 5.75 Å². The maximum absolute atomic E-state index is 12.9. The highest BCUT2D eigenvalue weighted by atomic mass is 32.2. The predicted octanol–water partition coefficient (Wildman–Crippen LogP) is 3.95.